The van der Waals surface area contributed by atoms with Crippen LogP contribution in [0.2, 0.25) is 0 Å². The van der Waals surface area contributed by atoms with Crippen molar-refractivity contribution in [2.24, 2.45) is 0 Å². The van der Waals surface area contributed by atoms with Gasteiger partial charge in [-0.2, -0.15) is 5.10 Å². The summed E-state index contributed by atoms with van der Waals surface area (Å²) in [5, 5.41) is 7.04. The molecule has 1 aromatic carbocycles. The summed E-state index contributed by atoms with van der Waals surface area (Å²) >= 11 is 0. The maximum atomic E-state index is 12.9. The lowest BCUT2D eigenvalue weighted by Crippen LogP contribution is -2.49. The smallest absolute Gasteiger partial charge is 0.274 e. The average molecular weight is 444 g/mol. The molecule has 0 atom stereocenters. The number of benzene rings is 1. The molecule has 1 aliphatic heterocycles. The van der Waals surface area contributed by atoms with E-state index >= 15 is 0 Å². The zero-order valence-electron chi connectivity index (χ0n) is 18.3. The third-order valence-electron chi connectivity index (χ3n) is 5.59. The third kappa shape index (κ3) is 4.43. The lowest BCUT2D eigenvalue weighted by Gasteiger charge is -2.35. The Morgan fingerprint density at radius 2 is 1.91 bits per heavy atom. The van der Waals surface area contributed by atoms with E-state index in [0.717, 1.165) is 22.8 Å². The number of rotatable bonds is 6. The first-order valence-electron chi connectivity index (χ1n) is 10.9. The fourth-order valence-corrected chi connectivity index (χ4v) is 3.86. The summed E-state index contributed by atoms with van der Waals surface area (Å²) in [6.07, 6.45) is 3.17. The monoisotopic (exact) mass is 444 g/mol. The number of aromatic amines is 1. The van der Waals surface area contributed by atoms with E-state index < -0.39 is 0 Å². The molecule has 0 radical (unpaired) electrons. The highest BCUT2D eigenvalue weighted by Crippen LogP contribution is 2.24. The number of hydrogen-bond acceptors (Lipinski definition) is 7. The van der Waals surface area contributed by atoms with Crippen molar-refractivity contribution in [3.05, 3.63) is 66.8 Å². The number of carbonyl (C=O) groups excluding carboxylic acids is 1. The molecule has 168 valence electrons. The fourth-order valence-electron chi connectivity index (χ4n) is 3.86. The van der Waals surface area contributed by atoms with Crippen LogP contribution >= 0.6 is 0 Å². The fraction of sp³-hybridized carbons (Fsp3) is 0.250. The first-order chi connectivity index (χ1) is 16.2. The van der Waals surface area contributed by atoms with Crippen LogP contribution in [0.4, 0.5) is 5.82 Å². The van der Waals surface area contributed by atoms with Crippen LogP contribution in [0.5, 0.6) is 5.75 Å². The zero-order valence-corrected chi connectivity index (χ0v) is 18.3. The SMILES string of the molecule is CCOc1ccc(-c2cc(N3CCN(C(=O)c4cc(-c5ccco5)[nH]n4)CC3)ncn2)cc1. The predicted octanol–water partition coefficient (Wildman–Crippen LogP) is 3.49. The molecule has 0 bridgehead atoms. The Kier molecular flexibility index (Phi) is 5.75. The Hall–Kier alpha value is -4.14. The minimum Gasteiger partial charge on any atom is -0.494 e. The van der Waals surface area contributed by atoms with Crippen LogP contribution in [-0.2, 0) is 0 Å². The Morgan fingerprint density at radius 1 is 1.09 bits per heavy atom. The normalized spacial score (nSPS) is 13.8. The van der Waals surface area contributed by atoms with Crippen molar-refractivity contribution >= 4 is 11.7 Å². The molecule has 4 heterocycles. The van der Waals surface area contributed by atoms with Gasteiger partial charge in [0.1, 0.15) is 23.6 Å². The van der Waals surface area contributed by atoms with Crippen molar-refractivity contribution in [1.29, 1.82) is 0 Å². The van der Waals surface area contributed by atoms with E-state index in [4.69, 9.17) is 9.15 Å². The molecule has 1 fully saturated rings. The molecular formula is C24H24N6O3. The third-order valence-corrected chi connectivity index (χ3v) is 5.59. The van der Waals surface area contributed by atoms with Crippen LogP contribution < -0.4 is 9.64 Å². The second kappa shape index (κ2) is 9.15. The number of piperazine rings is 1. The minimum absolute atomic E-state index is 0.0959. The van der Waals surface area contributed by atoms with Gasteiger partial charge in [-0.1, -0.05) is 0 Å². The summed E-state index contributed by atoms with van der Waals surface area (Å²) in [5.74, 6) is 2.24. The Bertz CT molecular complexity index is 1210. The van der Waals surface area contributed by atoms with Gasteiger partial charge >= 0.3 is 0 Å². The van der Waals surface area contributed by atoms with Gasteiger partial charge in [0.15, 0.2) is 11.5 Å². The van der Waals surface area contributed by atoms with E-state index in [2.05, 4.69) is 25.1 Å². The summed E-state index contributed by atoms with van der Waals surface area (Å²) in [7, 11) is 0. The number of furan rings is 1. The van der Waals surface area contributed by atoms with E-state index in [1.54, 1.807) is 24.7 Å². The van der Waals surface area contributed by atoms with Crippen molar-refractivity contribution in [3.63, 3.8) is 0 Å². The molecule has 3 aromatic heterocycles. The molecule has 0 aliphatic carbocycles. The first-order valence-corrected chi connectivity index (χ1v) is 10.9. The second-order valence-corrected chi connectivity index (χ2v) is 7.64. The summed E-state index contributed by atoms with van der Waals surface area (Å²) in [5.41, 5.74) is 2.92. The van der Waals surface area contributed by atoms with Gasteiger partial charge in [-0.15, -0.1) is 0 Å². The molecule has 1 amide bonds. The highest BCUT2D eigenvalue weighted by atomic mass is 16.5. The van der Waals surface area contributed by atoms with Gasteiger partial charge in [-0.25, -0.2) is 9.97 Å². The summed E-state index contributed by atoms with van der Waals surface area (Å²) in [6, 6.07) is 15.2. The number of ether oxygens (including phenoxy) is 1. The number of aromatic nitrogens is 4. The van der Waals surface area contributed by atoms with Gasteiger partial charge in [0, 0.05) is 43.9 Å². The first kappa shape index (κ1) is 20.7. The molecule has 1 aliphatic rings. The molecule has 4 aromatic rings. The van der Waals surface area contributed by atoms with Gasteiger partial charge < -0.3 is 19.0 Å². The number of nitrogens with one attached hydrogen (secondary N) is 1. The highest BCUT2D eigenvalue weighted by Gasteiger charge is 2.25. The Balaban J connectivity index is 1.23. The van der Waals surface area contributed by atoms with Gasteiger partial charge in [0.05, 0.1) is 18.6 Å². The standard InChI is InChI=1S/C24H24N6O3/c1-2-32-18-7-5-17(6-8-18)19-15-23(26-16-25-19)29-9-11-30(12-10-29)24(31)21-14-20(27-28-21)22-4-3-13-33-22/h3-8,13-16H,2,9-12H2,1H3,(H,27,28). The lowest BCUT2D eigenvalue weighted by molar-refractivity contribution is 0.0740. The van der Waals surface area contributed by atoms with Crippen LogP contribution in [0.25, 0.3) is 22.7 Å². The predicted molar refractivity (Wildman–Crippen MR) is 123 cm³/mol. The maximum Gasteiger partial charge on any atom is 0.274 e. The number of nitrogens with zero attached hydrogens (tertiary/aromatic N) is 5. The van der Waals surface area contributed by atoms with Crippen LogP contribution in [0.1, 0.15) is 17.4 Å². The summed E-state index contributed by atoms with van der Waals surface area (Å²) < 4.78 is 10.9. The molecule has 0 spiro atoms. The van der Waals surface area contributed by atoms with Crippen molar-refractivity contribution in [1.82, 2.24) is 25.1 Å². The number of carbonyl (C=O) groups is 1. The molecule has 1 saturated heterocycles. The summed E-state index contributed by atoms with van der Waals surface area (Å²) in [6.45, 7) is 5.14. The summed E-state index contributed by atoms with van der Waals surface area (Å²) in [4.78, 5) is 25.8. The average Bonchev–Trinajstić information content (AvgIpc) is 3.57. The second-order valence-electron chi connectivity index (χ2n) is 7.64. The van der Waals surface area contributed by atoms with Gasteiger partial charge in [0.25, 0.3) is 5.91 Å². The van der Waals surface area contributed by atoms with Gasteiger partial charge in [-0.3, -0.25) is 9.89 Å². The van der Waals surface area contributed by atoms with Crippen LogP contribution in [0.3, 0.4) is 0 Å². The number of amides is 1. The van der Waals surface area contributed by atoms with E-state index in [0.29, 0.717) is 49.9 Å². The van der Waals surface area contributed by atoms with E-state index in [1.807, 2.05) is 48.2 Å². The Morgan fingerprint density at radius 3 is 2.64 bits per heavy atom. The minimum atomic E-state index is -0.0959. The van der Waals surface area contributed by atoms with Crippen LogP contribution in [0.15, 0.2) is 65.5 Å². The maximum absolute atomic E-state index is 12.9. The molecule has 0 unspecified atom stereocenters. The van der Waals surface area contributed by atoms with E-state index in [-0.39, 0.29) is 5.91 Å². The lowest BCUT2D eigenvalue weighted by atomic mass is 10.1. The van der Waals surface area contributed by atoms with Crippen molar-refractivity contribution < 1.29 is 13.9 Å². The Labute approximate surface area is 191 Å². The van der Waals surface area contributed by atoms with Gasteiger partial charge in [0.2, 0.25) is 0 Å². The van der Waals surface area contributed by atoms with Crippen molar-refractivity contribution in [3.8, 4) is 28.5 Å². The molecule has 9 nitrogen and oxygen atoms in total. The van der Waals surface area contributed by atoms with Crippen LogP contribution in [-0.4, -0.2) is 63.8 Å². The molecule has 33 heavy (non-hydrogen) atoms. The zero-order chi connectivity index (χ0) is 22.6. The number of anilines is 1. The van der Waals surface area contributed by atoms with E-state index in [1.165, 1.54) is 0 Å². The van der Waals surface area contributed by atoms with Crippen molar-refractivity contribution in [2.75, 3.05) is 37.7 Å². The number of H-pyrrole nitrogens is 1. The van der Waals surface area contributed by atoms with Crippen molar-refractivity contribution in [2.45, 2.75) is 6.92 Å². The van der Waals surface area contributed by atoms with Crippen LogP contribution in [0, 0.1) is 0 Å². The largest absolute Gasteiger partial charge is 0.494 e. The molecule has 1 N–H and O–H groups in total. The molecular weight excluding hydrogens is 420 g/mol. The van der Waals surface area contributed by atoms with E-state index in [9.17, 15) is 4.79 Å². The molecule has 9 heteroatoms. The topological polar surface area (TPSA) is 100 Å². The molecule has 0 saturated carbocycles. The quantitative estimate of drug-likeness (QED) is 0.486. The van der Waals surface area contributed by atoms with Gasteiger partial charge in [-0.05, 0) is 43.3 Å². The molecule has 5 rings (SSSR count). The highest BCUT2D eigenvalue weighted by molar-refractivity contribution is 5.93. The number of hydrogen-bond donors (Lipinski definition) is 1.